The molecule has 4 rings (SSSR count). The summed E-state index contributed by atoms with van der Waals surface area (Å²) in [6, 6.07) is 0. The molecule has 120 valence electrons. The molecule has 0 aromatic heterocycles. The monoisotopic (exact) mass is 323 g/mol. The summed E-state index contributed by atoms with van der Waals surface area (Å²) in [5, 5.41) is 15.9. The molecule has 0 aliphatic heterocycles. The van der Waals surface area contributed by atoms with E-state index in [-0.39, 0.29) is 30.0 Å². The van der Waals surface area contributed by atoms with Crippen LogP contribution in [0.15, 0.2) is 0 Å². The summed E-state index contributed by atoms with van der Waals surface area (Å²) < 4.78 is 34.1. The van der Waals surface area contributed by atoms with E-state index in [1.807, 2.05) is 0 Å². The summed E-state index contributed by atoms with van der Waals surface area (Å²) in [6.07, 6.45) is 3.93. The Labute approximate surface area is 125 Å². The third-order valence-electron chi connectivity index (χ3n) is 5.24. The molecule has 1 N–H and O–H groups in total. The van der Waals surface area contributed by atoms with Gasteiger partial charge in [0.25, 0.3) is 0 Å². The third kappa shape index (κ3) is 2.78. The summed E-state index contributed by atoms with van der Waals surface area (Å²) in [5.74, 6) is -0.867. The van der Waals surface area contributed by atoms with Crippen LogP contribution >= 0.6 is 12.0 Å². The minimum atomic E-state index is -3.98. The molecule has 5 nitrogen and oxygen atoms in total. The number of rotatable bonds is 5. The highest BCUT2D eigenvalue weighted by Crippen LogP contribution is 2.60. The second kappa shape index (κ2) is 5.33. The molecule has 2 atom stereocenters. The number of aliphatic hydroxyl groups excluding tert-OH is 1. The zero-order valence-corrected chi connectivity index (χ0v) is 12.1. The van der Waals surface area contributed by atoms with Crippen molar-refractivity contribution in [2.45, 2.75) is 43.5 Å². The first-order chi connectivity index (χ1) is 9.85. The van der Waals surface area contributed by atoms with Gasteiger partial charge in [0, 0.05) is 5.41 Å². The Morgan fingerprint density at radius 3 is 2.52 bits per heavy atom. The average Bonchev–Trinajstić information content (AvgIpc) is 2.41. The lowest BCUT2D eigenvalue weighted by molar-refractivity contribution is -0.630. The highest BCUT2D eigenvalue weighted by molar-refractivity contribution is 7.96. The SMILES string of the molecule is O=C(OCC12CC3CC(C1)C(O)C(C3)C2)C(F)(F)SO[O-]. The number of hydrogen-bond acceptors (Lipinski definition) is 6. The zero-order valence-electron chi connectivity index (χ0n) is 11.3. The van der Waals surface area contributed by atoms with E-state index in [2.05, 4.69) is 4.33 Å². The van der Waals surface area contributed by atoms with Gasteiger partial charge in [-0.05, 0) is 49.9 Å². The first-order valence-electron chi connectivity index (χ1n) is 7.06. The highest BCUT2D eigenvalue weighted by atomic mass is 32.2. The van der Waals surface area contributed by atoms with Gasteiger partial charge < -0.3 is 19.4 Å². The molecule has 0 saturated heterocycles. The minimum Gasteiger partial charge on any atom is -0.710 e. The van der Waals surface area contributed by atoms with E-state index in [9.17, 15) is 23.9 Å². The third-order valence-corrected chi connectivity index (χ3v) is 5.68. The molecule has 21 heavy (non-hydrogen) atoms. The Morgan fingerprint density at radius 1 is 1.33 bits per heavy atom. The number of carbonyl (C=O) groups excluding carboxylic acids is 1. The van der Waals surface area contributed by atoms with Gasteiger partial charge >= 0.3 is 11.2 Å². The molecule has 0 amide bonds. The Morgan fingerprint density at radius 2 is 1.95 bits per heavy atom. The second-order valence-electron chi connectivity index (χ2n) is 6.70. The van der Waals surface area contributed by atoms with E-state index in [0.717, 1.165) is 19.3 Å². The maximum atomic E-state index is 13.2. The van der Waals surface area contributed by atoms with Gasteiger partial charge in [0.1, 0.15) is 0 Å². The smallest absolute Gasteiger partial charge is 0.412 e. The lowest BCUT2D eigenvalue weighted by Crippen LogP contribution is -2.55. The molecule has 0 aromatic carbocycles. The summed E-state index contributed by atoms with van der Waals surface area (Å²) >= 11 is -0.744. The number of hydrogen-bond donors (Lipinski definition) is 1. The van der Waals surface area contributed by atoms with Crippen molar-refractivity contribution in [3.8, 4) is 0 Å². The van der Waals surface area contributed by atoms with Gasteiger partial charge in [-0.15, -0.1) is 0 Å². The van der Waals surface area contributed by atoms with Crippen molar-refractivity contribution >= 4 is 18.0 Å². The summed E-state index contributed by atoms with van der Waals surface area (Å²) in [6.45, 7) is -0.0724. The van der Waals surface area contributed by atoms with E-state index in [4.69, 9.17) is 4.74 Å². The van der Waals surface area contributed by atoms with E-state index in [1.54, 1.807) is 0 Å². The Bertz CT molecular complexity index is 417. The van der Waals surface area contributed by atoms with E-state index >= 15 is 0 Å². The molecule has 8 heteroatoms. The summed E-state index contributed by atoms with van der Waals surface area (Å²) in [7, 11) is 0. The summed E-state index contributed by atoms with van der Waals surface area (Å²) in [5.41, 5.74) is -0.287. The van der Waals surface area contributed by atoms with Crippen LogP contribution in [0.2, 0.25) is 0 Å². The van der Waals surface area contributed by atoms with Crippen LogP contribution < -0.4 is 5.26 Å². The van der Waals surface area contributed by atoms with Gasteiger partial charge in [0.2, 0.25) is 0 Å². The van der Waals surface area contributed by atoms with E-state index in [1.165, 1.54) is 0 Å². The largest absolute Gasteiger partial charge is 0.710 e. The molecule has 0 heterocycles. The predicted octanol–water partition coefficient (Wildman–Crippen LogP) is 1.25. The molecule has 0 radical (unpaired) electrons. The first-order valence-corrected chi connectivity index (χ1v) is 7.80. The first kappa shape index (κ1) is 15.5. The van der Waals surface area contributed by atoms with Crippen LogP contribution in [0, 0.1) is 23.2 Å². The number of alkyl halides is 2. The Kier molecular flexibility index (Phi) is 3.92. The second-order valence-corrected chi connectivity index (χ2v) is 7.52. The van der Waals surface area contributed by atoms with Crippen LogP contribution in [0.1, 0.15) is 32.1 Å². The molecular weight excluding hydrogens is 306 g/mol. The average molecular weight is 323 g/mol. The van der Waals surface area contributed by atoms with E-state index in [0.29, 0.717) is 18.8 Å². The maximum Gasteiger partial charge on any atom is 0.412 e. The maximum absolute atomic E-state index is 13.2. The van der Waals surface area contributed by atoms with Gasteiger partial charge in [0.15, 0.2) is 0 Å². The van der Waals surface area contributed by atoms with Crippen LogP contribution in [-0.4, -0.2) is 29.0 Å². The quantitative estimate of drug-likeness (QED) is 0.355. The highest BCUT2D eigenvalue weighted by Gasteiger charge is 2.56. The number of carbonyl (C=O) groups is 1. The van der Waals surface area contributed by atoms with Crippen LogP contribution in [0.25, 0.3) is 0 Å². The standard InChI is InChI=1S/C13H18F2O5S/c14-13(15,21-20-18)11(17)19-6-12-3-7-1-8(4-12)10(16)9(2-7)5-12/h7-10,16,18H,1-6H2/p-1. The van der Waals surface area contributed by atoms with Crippen LogP contribution in [0.4, 0.5) is 8.78 Å². The predicted molar refractivity (Wildman–Crippen MR) is 66.6 cm³/mol. The van der Waals surface area contributed by atoms with Gasteiger partial charge in [-0.3, -0.25) is 0 Å². The molecule has 2 unspecified atom stereocenters. The van der Waals surface area contributed by atoms with Crippen molar-refractivity contribution in [3.05, 3.63) is 0 Å². The number of halogens is 2. The zero-order chi connectivity index (χ0) is 15.3. The molecule has 0 spiro atoms. The van der Waals surface area contributed by atoms with Crippen molar-refractivity contribution in [2.75, 3.05) is 6.61 Å². The fourth-order valence-corrected chi connectivity index (χ4v) is 4.93. The molecule has 4 saturated carbocycles. The van der Waals surface area contributed by atoms with Crippen LogP contribution in [-0.2, 0) is 13.9 Å². The molecule has 0 aromatic rings. The molecule has 4 bridgehead atoms. The number of aliphatic hydroxyl groups is 1. The van der Waals surface area contributed by atoms with Crippen molar-refractivity contribution in [1.29, 1.82) is 0 Å². The number of esters is 1. The van der Waals surface area contributed by atoms with Crippen molar-refractivity contribution in [3.63, 3.8) is 0 Å². The van der Waals surface area contributed by atoms with Crippen molar-refractivity contribution < 1.29 is 33.0 Å². The Balaban J connectivity index is 1.62. The lowest BCUT2D eigenvalue weighted by atomic mass is 9.49. The molecule has 4 aliphatic rings. The van der Waals surface area contributed by atoms with Gasteiger partial charge in [-0.2, -0.15) is 8.78 Å². The summed E-state index contributed by atoms with van der Waals surface area (Å²) in [4.78, 5) is 11.4. The van der Waals surface area contributed by atoms with Crippen molar-refractivity contribution in [1.82, 2.24) is 0 Å². The number of ether oxygens (including phenoxy) is 1. The fourth-order valence-electron chi connectivity index (χ4n) is 4.72. The van der Waals surface area contributed by atoms with Gasteiger partial charge in [-0.1, -0.05) is 0 Å². The minimum absolute atomic E-state index is 0.0724. The lowest BCUT2D eigenvalue weighted by Gasteiger charge is -2.58. The van der Waals surface area contributed by atoms with Gasteiger partial charge in [-0.25, -0.2) is 4.79 Å². The fraction of sp³-hybridized carbons (Fsp3) is 0.923. The molecule has 4 aliphatic carbocycles. The normalized spacial score (nSPS) is 41.3. The van der Waals surface area contributed by atoms with Crippen LogP contribution in [0.5, 0.6) is 0 Å². The van der Waals surface area contributed by atoms with E-state index < -0.39 is 23.3 Å². The van der Waals surface area contributed by atoms with Crippen molar-refractivity contribution in [2.24, 2.45) is 23.2 Å². The Hall–Kier alpha value is -0.440. The topological polar surface area (TPSA) is 78.8 Å². The molecular formula is C13H17F2O5S-. The molecule has 4 fully saturated rings. The van der Waals surface area contributed by atoms with Gasteiger partial charge in [0.05, 0.1) is 24.8 Å². The van der Waals surface area contributed by atoms with Crippen LogP contribution in [0.3, 0.4) is 0 Å².